The van der Waals surface area contributed by atoms with E-state index in [1.807, 2.05) is 0 Å². The summed E-state index contributed by atoms with van der Waals surface area (Å²) in [5.74, 6) is 0. The van der Waals surface area contributed by atoms with Gasteiger partial charge in [0, 0.05) is 10.0 Å². The van der Waals surface area contributed by atoms with E-state index in [9.17, 15) is 8.42 Å². The van der Waals surface area contributed by atoms with Crippen LogP contribution in [0.1, 0.15) is 0 Å². The van der Waals surface area contributed by atoms with E-state index < -0.39 is 10.0 Å². The Bertz CT molecular complexity index is 743. The standard InChI is InChI=1S/C15H13Cl2NO2S/c1-2-10-18(14-5-3-4-13(17)11-14)21(19,20)15-8-6-12(16)7-9-15/h2-9,11H,1,10H2. The first-order valence-corrected chi connectivity index (χ1v) is 8.29. The van der Waals surface area contributed by atoms with Gasteiger partial charge in [-0.05, 0) is 42.5 Å². The first-order valence-electron chi connectivity index (χ1n) is 6.10. The van der Waals surface area contributed by atoms with Crippen LogP contribution in [-0.2, 0) is 10.0 Å². The molecule has 0 aliphatic carbocycles. The highest BCUT2D eigenvalue weighted by Gasteiger charge is 2.24. The fourth-order valence-electron chi connectivity index (χ4n) is 1.82. The van der Waals surface area contributed by atoms with Crippen LogP contribution in [0, 0.1) is 0 Å². The van der Waals surface area contributed by atoms with Gasteiger partial charge in [-0.15, -0.1) is 6.58 Å². The van der Waals surface area contributed by atoms with Crippen LogP contribution in [0.5, 0.6) is 0 Å². The van der Waals surface area contributed by atoms with Crippen molar-refractivity contribution in [3.63, 3.8) is 0 Å². The van der Waals surface area contributed by atoms with Gasteiger partial charge in [-0.3, -0.25) is 4.31 Å². The minimum absolute atomic E-state index is 0.144. The largest absolute Gasteiger partial charge is 0.264 e. The third kappa shape index (κ3) is 3.59. The highest BCUT2D eigenvalue weighted by Crippen LogP contribution is 2.26. The van der Waals surface area contributed by atoms with E-state index in [4.69, 9.17) is 23.2 Å². The third-order valence-corrected chi connectivity index (χ3v) is 5.09. The van der Waals surface area contributed by atoms with Gasteiger partial charge in [-0.2, -0.15) is 0 Å². The number of anilines is 1. The summed E-state index contributed by atoms with van der Waals surface area (Å²) in [6, 6.07) is 12.7. The summed E-state index contributed by atoms with van der Waals surface area (Å²) in [6.07, 6.45) is 1.52. The Morgan fingerprint density at radius 2 is 1.71 bits per heavy atom. The van der Waals surface area contributed by atoms with Crippen LogP contribution >= 0.6 is 23.2 Å². The topological polar surface area (TPSA) is 37.4 Å². The molecule has 2 aromatic carbocycles. The highest BCUT2D eigenvalue weighted by molar-refractivity contribution is 7.92. The molecule has 3 nitrogen and oxygen atoms in total. The van der Waals surface area contributed by atoms with Crippen LogP contribution in [0.15, 0.2) is 66.1 Å². The SMILES string of the molecule is C=CCN(c1cccc(Cl)c1)S(=O)(=O)c1ccc(Cl)cc1. The average molecular weight is 342 g/mol. The summed E-state index contributed by atoms with van der Waals surface area (Å²) in [5, 5.41) is 0.944. The average Bonchev–Trinajstić information content (AvgIpc) is 2.45. The van der Waals surface area contributed by atoms with Crippen molar-refractivity contribution in [1.82, 2.24) is 0 Å². The van der Waals surface area contributed by atoms with E-state index in [2.05, 4.69) is 6.58 Å². The molecule has 0 heterocycles. The molecule has 0 fully saturated rings. The number of hydrogen-bond donors (Lipinski definition) is 0. The van der Waals surface area contributed by atoms with Gasteiger partial charge in [-0.1, -0.05) is 35.3 Å². The van der Waals surface area contributed by atoms with E-state index in [1.54, 1.807) is 36.4 Å². The Kier molecular flexibility index (Phi) is 4.93. The first kappa shape index (κ1) is 15.9. The Balaban J connectivity index is 2.50. The first-order chi connectivity index (χ1) is 9.95. The van der Waals surface area contributed by atoms with Gasteiger partial charge in [0.2, 0.25) is 0 Å². The lowest BCUT2D eigenvalue weighted by Crippen LogP contribution is -2.31. The molecule has 0 unspecified atom stereocenters. The fourth-order valence-corrected chi connectivity index (χ4v) is 3.56. The second kappa shape index (κ2) is 6.52. The summed E-state index contributed by atoms with van der Waals surface area (Å²) in [4.78, 5) is 0.161. The van der Waals surface area contributed by atoms with Crippen LogP contribution in [0.25, 0.3) is 0 Å². The zero-order valence-corrected chi connectivity index (χ0v) is 13.4. The molecule has 0 bridgehead atoms. The number of nitrogens with zero attached hydrogens (tertiary/aromatic N) is 1. The lowest BCUT2D eigenvalue weighted by Gasteiger charge is -2.23. The van der Waals surface area contributed by atoms with E-state index in [-0.39, 0.29) is 11.4 Å². The molecule has 0 aromatic heterocycles. The highest BCUT2D eigenvalue weighted by atomic mass is 35.5. The predicted octanol–water partition coefficient (Wildman–Crippen LogP) is 4.37. The molecular formula is C15H13Cl2NO2S. The molecular weight excluding hydrogens is 329 g/mol. The van der Waals surface area contributed by atoms with E-state index >= 15 is 0 Å². The summed E-state index contributed by atoms with van der Waals surface area (Å²) in [5.41, 5.74) is 0.484. The molecule has 21 heavy (non-hydrogen) atoms. The molecule has 2 aromatic rings. The van der Waals surface area contributed by atoms with Crippen LogP contribution in [0.4, 0.5) is 5.69 Å². The van der Waals surface area contributed by atoms with Gasteiger partial charge in [-0.25, -0.2) is 8.42 Å². The summed E-state index contributed by atoms with van der Waals surface area (Å²) in [7, 11) is -3.70. The summed E-state index contributed by atoms with van der Waals surface area (Å²) >= 11 is 11.7. The Labute approximate surface area is 134 Å². The molecule has 0 radical (unpaired) electrons. The zero-order chi connectivity index (χ0) is 15.5. The Hall–Kier alpha value is -1.49. The number of sulfonamides is 1. The van der Waals surface area contributed by atoms with Gasteiger partial charge >= 0.3 is 0 Å². The monoisotopic (exact) mass is 341 g/mol. The van der Waals surface area contributed by atoms with Crippen molar-refractivity contribution >= 4 is 38.9 Å². The fraction of sp³-hybridized carbons (Fsp3) is 0.0667. The Morgan fingerprint density at radius 3 is 2.29 bits per heavy atom. The van der Waals surface area contributed by atoms with Crippen molar-refractivity contribution < 1.29 is 8.42 Å². The number of benzene rings is 2. The van der Waals surface area contributed by atoms with E-state index in [1.165, 1.54) is 22.5 Å². The molecule has 0 atom stereocenters. The zero-order valence-electron chi connectivity index (χ0n) is 11.0. The van der Waals surface area contributed by atoms with Gasteiger partial charge in [0.1, 0.15) is 0 Å². The maximum absolute atomic E-state index is 12.7. The van der Waals surface area contributed by atoms with Gasteiger partial charge in [0.25, 0.3) is 10.0 Å². The molecule has 0 saturated heterocycles. The van der Waals surface area contributed by atoms with Crippen LogP contribution in [-0.4, -0.2) is 15.0 Å². The lowest BCUT2D eigenvalue weighted by atomic mass is 10.3. The normalized spacial score (nSPS) is 11.1. The van der Waals surface area contributed by atoms with E-state index in [0.717, 1.165) is 0 Å². The number of rotatable bonds is 5. The van der Waals surface area contributed by atoms with Crippen molar-refractivity contribution in [2.45, 2.75) is 4.90 Å². The summed E-state index contributed by atoms with van der Waals surface area (Å²) < 4.78 is 26.7. The molecule has 0 spiro atoms. The smallest absolute Gasteiger partial charge is 0.262 e. The van der Waals surface area contributed by atoms with Crippen molar-refractivity contribution in [2.24, 2.45) is 0 Å². The van der Waals surface area contributed by atoms with Crippen LogP contribution in [0.3, 0.4) is 0 Å². The molecule has 110 valence electrons. The molecule has 0 saturated carbocycles. The maximum atomic E-state index is 12.7. The second-order valence-electron chi connectivity index (χ2n) is 4.26. The molecule has 0 N–H and O–H groups in total. The van der Waals surface area contributed by atoms with E-state index in [0.29, 0.717) is 15.7 Å². The summed E-state index contributed by atoms with van der Waals surface area (Å²) in [6.45, 7) is 3.75. The minimum atomic E-state index is -3.70. The number of halogens is 2. The van der Waals surface area contributed by atoms with Crippen molar-refractivity contribution in [1.29, 1.82) is 0 Å². The van der Waals surface area contributed by atoms with Crippen LogP contribution in [0.2, 0.25) is 10.0 Å². The Morgan fingerprint density at radius 1 is 1.05 bits per heavy atom. The van der Waals surface area contributed by atoms with Crippen molar-refractivity contribution in [3.8, 4) is 0 Å². The molecule has 0 amide bonds. The lowest BCUT2D eigenvalue weighted by molar-refractivity contribution is 0.593. The second-order valence-corrected chi connectivity index (χ2v) is 6.99. The third-order valence-electron chi connectivity index (χ3n) is 2.79. The molecule has 0 aliphatic heterocycles. The maximum Gasteiger partial charge on any atom is 0.264 e. The van der Waals surface area contributed by atoms with Gasteiger partial charge in [0.05, 0.1) is 17.1 Å². The van der Waals surface area contributed by atoms with Gasteiger partial charge < -0.3 is 0 Å². The minimum Gasteiger partial charge on any atom is -0.262 e. The molecule has 0 aliphatic rings. The quantitative estimate of drug-likeness (QED) is 0.757. The van der Waals surface area contributed by atoms with Crippen molar-refractivity contribution in [2.75, 3.05) is 10.8 Å². The van der Waals surface area contributed by atoms with Gasteiger partial charge in [0.15, 0.2) is 0 Å². The molecule has 6 heteroatoms. The van der Waals surface area contributed by atoms with Crippen LogP contribution < -0.4 is 4.31 Å². The predicted molar refractivity (Wildman–Crippen MR) is 87.6 cm³/mol. The van der Waals surface area contributed by atoms with Crippen molar-refractivity contribution in [3.05, 3.63) is 71.2 Å². The number of hydrogen-bond acceptors (Lipinski definition) is 2. The molecule has 2 rings (SSSR count).